The van der Waals surface area contributed by atoms with E-state index in [4.69, 9.17) is 9.47 Å². The van der Waals surface area contributed by atoms with Crippen LogP contribution in [0.2, 0.25) is 0 Å². The summed E-state index contributed by atoms with van der Waals surface area (Å²) < 4.78 is 11.3. The van der Waals surface area contributed by atoms with Crippen LogP contribution in [0.5, 0.6) is 5.75 Å². The van der Waals surface area contributed by atoms with E-state index in [1.807, 2.05) is 18.2 Å². The van der Waals surface area contributed by atoms with Gasteiger partial charge in [0.1, 0.15) is 18.5 Å². The lowest BCUT2D eigenvalue weighted by atomic mass is 9.62. The molecule has 4 rings (SSSR count). The third-order valence-electron chi connectivity index (χ3n) is 5.10. The van der Waals surface area contributed by atoms with Crippen molar-refractivity contribution in [3.8, 4) is 5.75 Å². The van der Waals surface area contributed by atoms with E-state index in [-0.39, 0.29) is 12.1 Å². The highest BCUT2D eigenvalue weighted by atomic mass is 16.5. The lowest BCUT2D eigenvalue weighted by Crippen LogP contribution is -2.55. The number of cyclic esters (lactones) is 1. The van der Waals surface area contributed by atoms with Crippen LogP contribution in [0.1, 0.15) is 41.6 Å². The maximum absolute atomic E-state index is 11.5. The third-order valence-corrected chi connectivity index (χ3v) is 5.10. The second kappa shape index (κ2) is 4.48. The molecule has 0 amide bonds. The van der Waals surface area contributed by atoms with Gasteiger partial charge in [-0.3, -0.25) is 0 Å². The van der Waals surface area contributed by atoms with Gasteiger partial charge in [0.05, 0.1) is 5.56 Å². The first-order valence-electron chi connectivity index (χ1n) is 7.44. The van der Waals surface area contributed by atoms with Crippen molar-refractivity contribution in [1.29, 1.82) is 0 Å². The molecule has 0 unspecified atom stereocenters. The fourth-order valence-electron chi connectivity index (χ4n) is 3.66. The van der Waals surface area contributed by atoms with Crippen molar-refractivity contribution in [1.82, 2.24) is 5.32 Å². The number of benzene rings is 1. The average molecular weight is 273 g/mol. The largest absolute Gasteiger partial charge is 0.489 e. The summed E-state index contributed by atoms with van der Waals surface area (Å²) in [5, 5.41) is 3.43. The molecule has 1 saturated carbocycles. The summed E-state index contributed by atoms with van der Waals surface area (Å²) in [6.07, 6.45) is 5.36. The first-order valence-corrected chi connectivity index (χ1v) is 7.44. The van der Waals surface area contributed by atoms with Gasteiger partial charge in [-0.2, -0.15) is 0 Å². The van der Waals surface area contributed by atoms with E-state index >= 15 is 0 Å². The van der Waals surface area contributed by atoms with Crippen molar-refractivity contribution < 1.29 is 14.3 Å². The maximum Gasteiger partial charge on any atom is 0.338 e. The molecule has 106 valence electrons. The van der Waals surface area contributed by atoms with Gasteiger partial charge in [-0.05, 0) is 44.0 Å². The van der Waals surface area contributed by atoms with Crippen LogP contribution in [-0.4, -0.2) is 25.2 Å². The number of piperidine rings is 1. The van der Waals surface area contributed by atoms with Crippen LogP contribution >= 0.6 is 0 Å². The number of carbonyl (C=O) groups excluding carboxylic acids is 1. The van der Waals surface area contributed by atoms with E-state index in [1.54, 1.807) is 0 Å². The smallest absolute Gasteiger partial charge is 0.338 e. The number of hydrogen-bond donors (Lipinski definition) is 1. The molecule has 0 radical (unpaired) electrons. The Morgan fingerprint density at radius 2 is 2.20 bits per heavy atom. The van der Waals surface area contributed by atoms with Crippen LogP contribution in [0.3, 0.4) is 0 Å². The Kier molecular flexibility index (Phi) is 2.74. The van der Waals surface area contributed by atoms with Crippen molar-refractivity contribution in [2.24, 2.45) is 5.41 Å². The summed E-state index contributed by atoms with van der Waals surface area (Å²) in [6.45, 7) is 2.40. The van der Waals surface area contributed by atoms with Crippen LogP contribution in [-0.2, 0) is 11.3 Å². The predicted molar refractivity (Wildman–Crippen MR) is 73.7 cm³/mol. The highest BCUT2D eigenvalue weighted by Crippen LogP contribution is 2.49. The Hall–Kier alpha value is -1.55. The summed E-state index contributed by atoms with van der Waals surface area (Å²) in [4.78, 5) is 11.5. The van der Waals surface area contributed by atoms with Crippen molar-refractivity contribution >= 4 is 5.97 Å². The molecule has 1 atom stereocenters. The lowest BCUT2D eigenvalue weighted by Gasteiger charge is -2.50. The molecule has 2 aliphatic heterocycles. The van der Waals surface area contributed by atoms with Gasteiger partial charge in [-0.15, -0.1) is 0 Å². The first kappa shape index (κ1) is 12.2. The molecular formula is C16H19NO3. The van der Waals surface area contributed by atoms with E-state index in [1.165, 1.54) is 25.7 Å². The summed E-state index contributed by atoms with van der Waals surface area (Å²) in [6, 6.07) is 5.68. The zero-order valence-corrected chi connectivity index (χ0v) is 11.5. The van der Waals surface area contributed by atoms with Gasteiger partial charge >= 0.3 is 5.97 Å². The van der Waals surface area contributed by atoms with E-state index in [0.29, 0.717) is 17.6 Å². The molecule has 20 heavy (non-hydrogen) atoms. The standard InChI is InChI=1S/C16H19NO3/c18-15-13-3-2-12(8-11(13)10-19-15)20-14-9-17-7-6-16(14)4-1-5-16/h2-3,8,14,17H,1,4-7,9-10H2/t14-/m0/s1. The molecule has 1 spiro atoms. The molecule has 1 aliphatic carbocycles. The fourth-order valence-corrected chi connectivity index (χ4v) is 3.66. The maximum atomic E-state index is 11.5. The normalized spacial score (nSPS) is 26.8. The third kappa shape index (κ3) is 1.82. The number of fused-ring (bicyclic) bond motifs is 1. The highest BCUT2D eigenvalue weighted by Gasteiger charge is 2.46. The fraction of sp³-hybridized carbons (Fsp3) is 0.562. The van der Waals surface area contributed by atoms with Gasteiger partial charge in [0.25, 0.3) is 0 Å². The van der Waals surface area contributed by atoms with E-state index in [9.17, 15) is 4.79 Å². The molecule has 2 fully saturated rings. The second-order valence-corrected chi connectivity index (χ2v) is 6.17. The lowest BCUT2D eigenvalue weighted by molar-refractivity contribution is -0.0403. The molecule has 0 bridgehead atoms. The molecule has 1 N–H and O–H groups in total. The Labute approximate surface area is 118 Å². The number of esters is 1. The number of rotatable bonds is 2. The molecule has 3 aliphatic rings. The van der Waals surface area contributed by atoms with Crippen LogP contribution in [0, 0.1) is 5.41 Å². The van der Waals surface area contributed by atoms with Gasteiger partial charge in [-0.25, -0.2) is 4.79 Å². The molecule has 2 heterocycles. The summed E-state index contributed by atoms with van der Waals surface area (Å²) in [5.41, 5.74) is 2.01. The van der Waals surface area contributed by atoms with Gasteiger partial charge in [-0.1, -0.05) is 6.42 Å². The van der Waals surface area contributed by atoms with Gasteiger partial charge in [0, 0.05) is 17.5 Å². The zero-order chi connectivity index (χ0) is 13.6. The van der Waals surface area contributed by atoms with E-state index in [0.717, 1.165) is 24.4 Å². The number of carbonyl (C=O) groups is 1. The SMILES string of the molecule is O=C1OCc2cc(O[C@H]3CNCCC34CCC4)ccc21. The van der Waals surface area contributed by atoms with Gasteiger partial charge in [0.15, 0.2) is 0 Å². The van der Waals surface area contributed by atoms with Gasteiger partial charge in [0.2, 0.25) is 0 Å². The quantitative estimate of drug-likeness (QED) is 0.840. The Bertz CT molecular complexity index is 551. The monoisotopic (exact) mass is 273 g/mol. The summed E-state index contributed by atoms with van der Waals surface area (Å²) in [5.74, 6) is 0.642. The second-order valence-electron chi connectivity index (χ2n) is 6.17. The average Bonchev–Trinajstić information content (AvgIpc) is 2.79. The Morgan fingerprint density at radius 3 is 3.00 bits per heavy atom. The van der Waals surface area contributed by atoms with Crippen molar-refractivity contribution in [2.45, 2.75) is 38.4 Å². The highest BCUT2D eigenvalue weighted by molar-refractivity contribution is 5.93. The topological polar surface area (TPSA) is 47.6 Å². The van der Waals surface area contributed by atoms with Crippen LogP contribution in [0.4, 0.5) is 0 Å². The minimum Gasteiger partial charge on any atom is -0.489 e. The summed E-state index contributed by atoms with van der Waals surface area (Å²) in [7, 11) is 0. The first-order chi connectivity index (χ1) is 9.77. The van der Waals surface area contributed by atoms with Crippen molar-refractivity contribution in [3.63, 3.8) is 0 Å². The van der Waals surface area contributed by atoms with E-state index < -0.39 is 0 Å². The molecule has 0 aromatic heterocycles. The Morgan fingerprint density at radius 1 is 1.30 bits per heavy atom. The number of hydrogen-bond acceptors (Lipinski definition) is 4. The molecule has 4 nitrogen and oxygen atoms in total. The Balaban J connectivity index is 1.55. The molecule has 1 saturated heterocycles. The van der Waals surface area contributed by atoms with Crippen LogP contribution < -0.4 is 10.1 Å². The molecule has 1 aromatic carbocycles. The van der Waals surface area contributed by atoms with Crippen molar-refractivity contribution in [3.05, 3.63) is 29.3 Å². The van der Waals surface area contributed by atoms with E-state index in [2.05, 4.69) is 5.32 Å². The number of ether oxygens (including phenoxy) is 2. The molecular weight excluding hydrogens is 254 g/mol. The van der Waals surface area contributed by atoms with Crippen LogP contribution in [0.15, 0.2) is 18.2 Å². The van der Waals surface area contributed by atoms with Crippen LogP contribution in [0.25, 0.3) is 0 Å². The van der Waals surface area contributed by atoms with Gasteiger partial charge < -0.3 is 14.8 Å². The molecule has 4 heteroatoms. The summed E-state index contributed by atoms with van der Waals surface area (Å²) >= 11 is 0. The van der Waals surface area contributed by atoms with Crippen molar-refractivity contribution in [2.75, 3.05) is 13.1 Å². The predicted octanol–water partition coefficient (Wildman–Crippen LogP) is 2.27. The minimum atomic E-state index is -0.221. The number of nitrogens with one attached hydrogen (secondary N) is 1. The minimum absolute atomic E-state index is 0.221. The molecule has 1 aromatic rings. The zero-order valence-electron chi connectivity index (χ0n) is 11.5.